The number of hydrogen-bond donors (Lipinski definition) is 1. The van der Waals surface area contributed by atoms with E-state index in [9.17, 15) is 8.42 Å². The molecule has 7 nitrogen and oxygen atoms in total. The maximum atomic E-state index is 13.2. The topological polar surface area (TPSA) is 83.9 Å². The molecule has 0 unspecified atom stereocenters. The number of nitrogens with one attached hydrogen (secondary N) is 1. The van der Waals surface area contributed by atoms with E-state index in [2.05, 4.69) is 33.5 Å². The van der Waals surface area contributed by atoms with Crippen LogP contribution in [0.15, 0.2) is 66.0 Å². The van der Waals surface area contributed by atoms with Gasteiger partial charge in [0, 0.05) is 36.3 Å². The van der Waals surface area contributed by atoms with Gasteiger partial charge in [-0.25, -0.2) is 8.42 Å². The SMILES string of the molecule is Cc1ccc(S(=O)(=O)N2C[C@H](Cn3ncc4cc(-c5cn[nH]c5)ccc43)C[C@@H]2C)cc1. The molecule has 0 spiro atoms. The van der Waals surface area contributed by atoms with Gasteiger partial charge in [0.2, 0.25) is 10.0 Å². The van der Waals surface area contributed by atoms with Crippen LogP contribution in [0.4, 0.5) is 0 Å². The highest BCUT2D eigenvalue weighted by atomic mass is 32.2. The Bertz CT molecular complexity index is 1310. The van der Waals surface area contributed by atoms with Crippen LogP contribution in [0.3, 0.4) is 0 Å². The third-order valence-electron chi connectivity index (χ3n) is 6.14. The summed E-state index contributed by atoms with van der Waals surface area (Å²) in [7, 11) is -3.49. The predicted octanol–water partition coefficient (Wildman–Crippen LogP) is 3.83. The molecule has 1 aliphatic rings. The summed E-state index contributed by atoms with van der Waals surface area (Å²) in [5, 5.41) is 12.5. The van der Waals surface area contributed by atoms with Crippen molar-refractivity contribution < 1.29 is 8.42 Å². The summed E-state index contributed by atoms with van der Waals surface area (Å²) in [4.78, 5) is 0.363. The van der Waals surface area contributed by atoms with Gasteiger partial charge in [-0.3, -0.25) is 9.78 Å². The Kier molecular flexibility index (Phi) is 4.91. The van der Waals surface area contributed by atoms with Crippen LogP contribution in [-0.2, 0) is 16.6 Å². The minimum Gasteiger partial charge on any atom is -0.285 e. The summed E-state index contributed by atoms with van der Waals surface area (Å²) in [5.41, 5.74) is 4.23. The van der Waals surface area contributed by atoms with Gasteiger partial charge >= 0.3 is 0 Å². The van der Waals surface area contributed by atoms with E-state index >= 15 is 0 Å². The first-order chi connectivity index (χ1) is 14.9. The van der Waals surface area contributed by atoms with Gasteiger partial charge in [0.1, 0.15) is 0 Å². The van der Waals surface area contributed by atoms with Gasteiger partial charge in [0.15, 0.2) is 0 Å². The van der Waals surface area contributed by atoms with Crippen molar-refractivity contribution in [3.63, 3.8) is 0 Å². The Balaban J connectivity index is 1.35. The zero-order chi connectivity index (χ0) is 21.6. The lowest BCUT2D eigenvalue weighted by molar-refractivity contribution is 0.396. The molecule has 2 aromatic carbocycles. The average molecular weight is 436 g/mol. The largest absolute Gasteiger partial charge is 0.285 e. The van der Waals surface area contributed by atoms with Crippen molar-refractivity contribution in [1.29, 1.82) is 0 Å². The van der Waals surface area contributed by atoms with Crippen LogP contribution in [0, 0.1) is 12.8 Å². The molecule has 3 heterocycles. The van der Waals surface area contributed by atoms with Crippen molar-refractivity contribution >= 4 is 20.9 Å². The molecule has 1 fully saturated rings. The number of nitrogens with zero attached hydrogens (tertiary/aromatic N) is 4. The predicted molar refractivity (Wildman–Crippen MR) is 120 cm³/mol. The van der Waals surface area contributed by atoms with Crippen molar-refractivity contribution in [3.8, 4) is 11.1 Å². The van der Waals surface area contributed by atoms with Crippen LogP contribution >= 0.6 is 0 Å². The normalized spacial score (nSPS) is 19.9. The number of H-pyrrole nitrogens is 1. The molecule has 31 heavy (non-hydrogen) atoms. The zero-order valence-corrected chi connectivity index (χ0v) is 18.4. The second kappa shape index (κ2) is 7.62. The Morgan fingerprint density at radius 1 is 1.10 bits per heavy atom. The van der Waals surface area contributed by atoms with Crippen LogP contribution in [0.5, 0.6) is 0 Å². The number of aromatic nitrogens is 4. The molecule has 2 aromatic heterocycles. The summed E-state index contributed by atoms with van der Waals surface area (Å²) >= 11 is 0. The van der Waals surface area contributed by atoms with Gasteiger partial charge in [0.25, 0.3) is 0 Å². The molecule has 0 bridgehead atoms. The van der Waals surface area contributed by atoms with Crippen molar-refractivity contribution in [3.05, 3.63) is 66.6 Å². The molecule has 0 saturated carbocycles. The van der Waals surface area contributed by atoms with Gasteiger partial charge < -0.3 is 0 Å². The third kappa shape index (κ3) is 3.66. The lowest BCUT2D eigenvalue weighted by atomic mass is 10.1. The number of fused-ring (bicyclic) bond motifs is 1. The van der Waals surface area contributed by atoms with Crippen LogP contribution < -0.4 is 0 Å². The summed E-state index contributed by atoms with van der Waals surface area (Å²) < 4.78 is 30.0. The minimum atomic E-state index is -3.49. The van der Waals surface area contributed by atoms with E-state index in [1.54, 1.807) is 22.6 Å². The van der Waals surface area contributed by atoms with E-state index in [-0.39, 0.29) is 12.0 Å². The number of sulfonamides is 1. The summed E-state index contributed by atoms with van der Waals surface area (Å²) in [6, 6.07) is 13.3. The van der Waals surface area contributed by atoms with E-state index in [0.717, 1.165) is 34.0 Å². The number of rotatable bonds is 5. The Labute approximate surface area is 181 Å². The maximum Gasteiger partial charge on any atom is 0.243 e. The van der Waals surface area contributed by atoms with Crippen molar-refractivity contribution in [2.75, 3.05) is 6.54 Å². The van der Waals surface area contributed by atoms with Gasteiger partial charge in [-0.15, -0.1) is 0 Å². The lowest BCUT2D eigenvalue weighted by Crippen LogP contribution is -2.34. The number of aryl methyl sites for hydroxylation is 1. The standard InChI is InChI=1S/C23H25N5O2S/c1-16-3-6-22(7-4-16)31(29,30)28-15-18(9-17(28)2)14-27-23-8-5-19(10-20(23)13-26-27)21-11-24-25-12-21/h3-8,10-13,17-18H,9,14-15H2,1-2H3,(H,24,25)/t17-,18-/m0/s1. The molecule has 1 saturated heterocycles. The molecule has 1 aliphatic heterocycles. The summed E-state index contributed by atoms with van der Waals surface area (Å²) in [6.07, 6.45) is 6.36. The maximum absolute atomic E-state index is 13.2. The number of benzene rings is 2. The highest BCUT2D eigenvalue weighted by molar-refractivity contribution is 7.89. The Hall–Kier alpha value is -2.97. The molecular weight excluding hydrogens is 410 g/mol. The fourth-order valence-electron chi connectivity index (χ4n) is 4.49. The van der Waals surface area contributed by atoms with Crippen molar-refractivity contribution in [2.45, 2.75) is 37.8 Å². The second-order valence-electron chi connectivity index (χ2n) is 8.43. The first-order valence-corrected chi connectivity index (χ1v) is 11.9. The van der Waals surface area contributed by atoms with Crippen molar-refractivity contribution in [2.24, 2.45) is 5.92 Å². The van der Waals surface area contributed by atoms with Crippen LogP contribution in [0.1, 0.15) is 18.9 Å². The molecule has 0 radical (unpaired) electrons. The molecule has 4 aromatic rings. The Morgan fingerprint density at radius 2 is 1.90 bits per heavy atom. The van der Waals surface area contributed by atoms with Gasteiger partial charge in [0.05, 0.1) is 22.8 Å². The van der Waals surface area contributed by atoms with E-state index in [1.165, 1.54) is 0 Å². The van der Waals surface area contributed by atoms with Gasteiger partial charge in [-0.1, -0.05) is 23.8 Å². The molecule has 0 aliphatic carbocycles. The fourth-order valence-corrected chi connectivity index (χ4v) is 6.21. The lowest BCUT2D eigenvalue weighted by Gasteiger charge is -2.21. The average Bonchev–Trinajstić information content (AvgIpc) is 3.49. The molecule has 1 N–H and O–H groups in total. The zero-order valence-electron chi connectivity index (χ0n) is 17.6. The van der Waals surface area contributed by atoms with Gasteiger partial charge in [-0.05, 0) is 56.0 Å². The van der Waals surface area contributed by atoms with Crippen LogP contribution in [0.25, 0.3) is 22.0 Å². The Morgan fingerprint density at radius 3 is 2.65 bits per heavy atom. The highest BCUT2D eigenvalue weighted by Crippen LogP contribution is 2.31. The number of hydrogen-bond acceptors (Lipinski definition) is 4. The molecule has 5 rings (SSSR count). The fraction of sp³-hybridized carbons (Fsp3) is 0.304. The first kappa shape index (κ1) is 20.0. The van der Waals surface area contributed by atoms with Crippen LogP contribution in [0.2, 0.25) is 0 Å². The molecular formula is C23H25N5O2S. The monoisotopic (exact) mass is 435 g/mol. The van der Waals surface area contributed by atoms with E-state index in [1.807, 2.05) is 43.1 Å². The summed E-state index contributed by atoms with van der Waals surface area (Å²) in [6.45, 7) is 5.15. The van der Waals surface area contributed by atoms with E-state index in [0.29, 0.717) is 18.0 Å². The van der Waals surface area contributed by atoms with Gasteiger partial charge in [-0.2, -0.15) is 14.5 Å². The quantitative estimate of drug-likeness (QED) is 0.516. The molecule has 8 heteroatoms. The molecule has 0 amide bonds. The molecule has 160 valence electrons. The second-order valence-corrected chi connectivity index (χ2v) is 10.3. The molecule has 2 atom stereocenters. The third-order valence-corrected chi connectivity index (χ3v) is 8.13. The highest BCUT2D eigenvalue weighted by Gasteiger charge is 2.38. The van der Waals surface area contributed by atoms with E-state index in [4.69, 9.17) is 0 Å². The van der Waals surface area contributed by atoms with E-state index < -0.39 is 10.0 Å². The number of aromatic amines is 1. The van der Waals surface area contributed by atoms with Crippen LogP contribution in [-0.4, -0.2) is 45.3 Å². The first-order valence-electron chi connectivity index (χ1n) is 10.4. The minimum absolute atomic E-state index is 0.0363. The van der Waals surface area contributed by atoms with Crippen molar-refractivity contribution in [1.82, 2.24) is 24.3 Å². The smallest absolute Gasteiger partial charge is 0.243 e. The summed E-state index contributed by atoms with van der Waals surface area (Å²) in [5.74, 6) is 0.215.